The molecule has 1 heterocycles. The third kappa shape index (κ3) is 4.98. The van der Waals surface area contributed by atoms with Crippen molar-refractivity contribution >= 4 is 5.97 Å². The van der Waals surface area contributed by atoms with E-state index in [9.17, 15) is 9.59 Å². The lowest BCUT2D eigenvalue weighted by Gasteiger charge is -2.41. The number of nitrogens with zero attached hydrogens (tertiary/aromatic N) is 2. The highest BCUT2D eigenvalue weighted by atomic mass is 16.5. The zero-order valence-electron chi connectivity index (χ0n) is 17.8. The number of esters is 1. The lowest BCUT2D eigenvalue weighted by Crippen LogP contribution is -2.41. The maximum atomic E-state index is 13.0. The molecule has 5 heteroatoms. The molecule has 3 aliphatic rings. The van der Waals surface area contributed by atoms with Gasteiger partial charge in [-0.3, -0.25) is 13.9 Å². The standard InChI is InChI=1S/C23H36N2O3/c1-4-5-6-12-28-21(26)8-7-9-24-10-11-25(22(24)27)23(3)16-18(2)13-19-14-20(15-19)17-23/h10-11,17-19H,4-9,12-16H2,1-3H3. The predicted molar refractivity (Wildman–Crippen MR) is 111 cm³/mol. The maximum absolute atomic E-state index is 13.0. The highest BCUT2D eigenvalue weighted by Gasteiger charge is 2.36. The second kappa shape index (κ2) is 9.15. The molecule has 156 valence electrons. The second-order valence-electron chi connectivity index (χ2n) is 9.15. The summed E-state index contributed by atoms with van der Waals surface area (Å²) in [6.07, 6.45) is 14.9. The molecule has 28 heavy (non-hydrogen) atoms. The van der Waals surface area contributed by atoms with E-state index >= 15 is 0 Å². The van der Waals surface area contributed by atoms with E-state index in [4.69, 9.17) is 4.74 Å². The molecule has 0 saturated heterocycles. The normalized spacial score (nSPS) is 26.8. The quantitative estimate of drug-likeness (QED) is 0.352. The fourth-order valence-corrected chi connectivity index (χ4v) is 4.97. The van der Waals surface area contributed by atoms with Gasteiger partial charge in [-0.05, 0) is 57.3 Å². The van der Waals surface area contributed by atoms with Crippen molar-refractivity contribution in [3.63, 3.8) is 0 Å². The summed E-state index contributed by atoms with van der Waals surface area (Å²) >= 11 is 0. The fraction of sp³-hybridized carbons (Fsp3) is 0.739. The summed E-state index contributed by atoms with van der Waals surface area (Å²) < 4.78 is 8.88. The van der Waals surface area contributed by atoms with E-state index in [2.05, 4.69) is 26.8 Å². The van der Waals surface area contributed by atoms with Crippen LogP contribution in [0.4, 0.5) is 0 Å². The lowest BCUT2D eigenvalue weighted by atomic mass is 9.68. The SMILES string of the molecule is CCCCCOC(=O)CCCn1ccn(C2(C)C=C3CC(C3)CC(C)C2)c1=O. The van der Waals surface area contributed by atoms with Crippen molar-refractivity contribution < 1.29 is 9.53 Å². The van der Waals surface area contributed by atoms with Crippen LogP contribution in [0.5, 0.6) is 0 Å². The van der Waals surface area contributed by atoms with Crippen LogP contribution in [0.1, 0.15) is 78.6 Å². The van der Waals surface area contributed by atoms with E-state index in [-0.39, 0.29) is 17.2 Å². The Morgan fingerprint density at radius 2 is 2.04 bits per heavy atom. The molecule has 2 atom stereocenters. The Labute approximate surface area is 168 Å². The monoisotopic (exact) mass is 388 g/mol. The minimum Gasteiger partial charge on any atom is -0.466 e. The molecule has 4 rings (SSSR count). The Kier molecular flexibility index (Phi) is 6.84. The molecule has 3 aliphatic carbocycles. The molecular weight excluding hydrogens is 352 g/mol. The fourth-order valence-electron chi connectivity index (χ4n) is 4.97. The summed E-state index contributed by atoms with van der Waals surface area (Å²) in [7, 11) is 0. The average Bonchev–Trinajstić information content (AvgIpc) is 2.96. The first-order chi connectivity index (χ1) is 13.4. The van der Waals surface area contributed by atoms with Crippen molar-refractivity contribution in [3.05, 3.63) is 34.5 Å². The van der Waals surface area contributed by atoms with Crippen LogP contribution in [0.25, 0.3) is 0 Å². The number of carbonyl (C=O) groups is 1. The molecule has 2 unspecified atom stereocenters. The van der Waals surface area contributed by atoms with Crippen LogP contribution in [0.15, 0.2) is 28.8 Å². The Balaban J connectivity index is 1.58. The summed E-state index contributed by atoms with van der Waals surface area (Å²) in [6.45, 7) is 7.69. The van der Waals surface area contributed by atoms with Crippen molar-refractivity contribution in [1.29, 1.82) is 0 Å². The third-order valence-corrected chi connectivity index (χ3v) is 6.30. The van der Waals surface area contributed by atoms with Gasteiger partial charge < -0.3 is 4.74 Å². The van der Waals surface area contributed by atoms with Crippen molar-refractivity contribution in [2.45, 2.75) is 90.6 Å². The highest BCUT2D eigenvalue weighted by molar-refractivity contribution is 5.69. The third-order valence-electron chi connectivity index (χ3n) is 6.30. The molecule has 1 aromatic rings. The minimum atomic E-state index is -0.249. The van der Waals surface area contributed by atoms with Crippen LogP contribution in [-0.2, 0) is 21.6 Å². The van der Waals surface area contributed by atoms with E-state index in [0.29, 0.717) is 31.9 Å². The highest BCUT2D eigenvalue weighted by Crippen LogP contribution is 2.44. The molecule has 0 N–H and O–H groups in total. The molecule has 0 aromatic carbocycles. The smallest absolute Gasteiger partial charge is 0.328 e. The topological polar surface area (TPSA) is 53.2 Å². The van der Waals surface area contributed by atoms with E-state index in [0.717, 1.165) is 31.6 Å². The van der Waals surface area contributed by atoms with E-state index in [1.54, 1.807) is 4.57 Å². The summed E-state index contributed by atoms with van der Waals surface area (Å²) in [4.78, 5) is 24.8. The van der Waals surface area contributed by atoms with Gasteiger partial charge in [0, 0.05) is 25.4 Å². The summed E-state index contributed by atoms with van der Waals surface area (Å²) in [5, 5.41) is 0. The summed E-state index contributed by atoms with van der Waals surface area (Å²) in [5.74, 6) is 1.31. The average molecular weight is 389 g/mol. The molecule has 1 fully saturated rings. The molecule has 2 bridgehead atoms. The van der Waals surface area contributed by atoms with Gasteiger partial charge >= 0.3 is 11.7 Å². The Bertz CT molecular complexity index is 752. The number of hydrogen-bond acceptors (Lipinski definition) is 3. The van der Waals surface area contributed by atoms with Gasteiger partial charge in [-0.25, -0.2) is 4.79 Å². The van der Waals surface area contributed by atoms with Crippen LogP contribution in [0.2, 0.25) is 0 Å². The van der Waals surface area contributed by atoms with E-state index in [1.165, 1.54) is 24.8 Å². The number of unbranched alkanes of at least 4 members (excludes halogenated alkanes) is 2. The van der Waals surface area contributed by atoms with E-state index in [1.807, 2.05) is 17.0 Å². The Morgan fingerprint density at radius 1 is 1.25 bits per heavy atom. The summed E-state index contributed by atoms with van der Waals surface area (Å²) in [6, 6.07) is 0. The van der Waals surface area contributed by atoms with Gasteiger partial charge in [-0.2, -0.15) is 0 Å². The largest absolute Gasteiger partial charge is 0.466 e. The van der Waals surface area contributed by atoms with Crippen LogP contribution >= 0.6 is 0 Å². The maximum Gasteiger partial charge on any atom is 0.328 e. The van der Waals surface area contributed by atoms with Gasteiger partial charge in [0.15, 0.2) is 0 Å². The Morgan fingerprint density at radius 3 is 2.79 bits per heavy atom. The molecule has 0 amide bonds. The number of carbonyl (C=O) groups excluding carboxylic acids is 1. The summed E-state index contributed by atoms with van der Waals surface area (Å²) in [5.41, 5.74) is 1.28. The number of hydrogen-bond donors (Lipinski definition) is 0. The van der Waals surface area contributed by atoms with Crippen molar-refractivity contribution in [2.75, 3.05) is 6.61 Å². The van der Waals surface area contributed by atoms with Gasteiger partial charge in [0.1, 0.15) is 0 Å². The molecule has 1 saturated carbocycles. The Hall–Kier alpha value is -1.78. The number of imidazole rings is 1. The first-order valence-corrected chi connectivity index (χ1v) is 11.1. The number of aryl methyl sites for hydroxylation is 1. The molecule has 0 spiro atoms. The number of rotatable bonds is 9. The van der Waals surface area contributed by atoms with Crippen molar-refractivity contribution in [2.24, 2.45) is 11.8 Å². The molecule has 1 aromatic heterocycles. The molecule has 5 nitrogen and oxygen atoms in total. The molecule has 0 aliphatic heterocycles. The van der Waals surface area contributed by atoms with Crippen LogP contribution < -0.4 is 5.69 Å². The van der Waals surface area contributed by atoms with Gasteiger partial charge in [0.25, 0.3) is 0 Å². The van der Waals surface area contributed by atoms with Crippen LogP contribution in [-0.4, -0.2) is 21.7 Å². The first kappa shape index (κ1) is 20.9. The zero-order valence-corrected chi connectivity index (χ0v) is 17.8. The van der Waals surface area contributed by atoms with Crippen molar-refractivity contribution in [3.8, 4) is 0 Å². The molecule has 0 radical (unpaired) electrons. The second-order valence-corrected chi connectivity index (χ2v) is 9.15. The van der Waals surface area contributed by atoms with Crippen LogP contribution in [0, 0.1) is 11.8 Å². The van der Waals surface area contributed by atoms with Crippen LogP contribution in [0.3, 0.4) is 0 Å². The van der Waals surface area contributed by atoms with Crippen molar-refractivity contribution in [1.82, 2.24) is 9.13 Å². The number of aromatic nitrogens is 2. The van der Waals surface area contributed by atoms with Gasteiger partial charge in [-0.1, -0.05) is 38.3 Å². The predicted octanol–water partition coefficient (Wildman–Crippen LogP) is 4.64. The lowest BCUT2D eigenvalue weighted by molar-refractivity contribution is -0.143. The van der Waals surface area contributed by atoms with Gasteiger partial charge in [0.05, 0.1) is 12.1 Å². The molecular formula is C23H36N2O3. The van der Waals surface area contributed by atoms with Gasteiger partial charge in [0.2, 0.25) is 0 Å². The van der Waals surface area contributed by atoms with E-state index < -0.39 is 0 Å². The van der Waals surface area contributed by atoms with Gasteiger partial charge in [-0.15, -0.1) is 0 Å². The number of fused-ring (bicyclic) bond motifs is 4. The number of ether oxygens (including phenoxy) is 1. The zero-order chi connectivity index (χ0) is 20.1. The minimum absolute atomic E-state index is 0.0271. The first-order valence-electron chi connectivity index (χ1n) is 11.1. The number of allylic oxidation sites excluding steroid dienone is 2.